The number of benzene rings is 2. The van der Waals surface area contributed by atoms with E-state index in [1.807, 2.05) is 19.1 Å². The van der Waals surface area contributed by atoms with Gasteiger partial charge in [0.05, 0.1) is 25.5 Å². The SMILES string of the molecule is CCOc1cc2c(cc1OC)C(c1ccc(N)cc1)=N[C@@H]1CCCC[C@H]21. The lowest BCUT2D eigenvalue weighted by atomic mass is 9.75. The summed E-state index contributed by atoms with van der Waals surface area (Å²) in [5, 5.41) is 0. The van der Waals surface area contributed by atoms with Crippen molar-refractivity contribution in [3.05, 3.63) is 53.1 Å². The lowest BCUT2D eigenvalue weighted by Crippen LogP contribution is -2.29. The first-order valence-electron chi connectivity index (χ1n) is 9.50. The van der Waals surface area contributed by atoms with Gasteiger partial charge in [0.25, 0.3) is 0 Å². The molecular formula is C22H26N2O2. The molecule has 0 saturated heterocycles. The highest BCUT2D eigenvalue weighted by Gasteiger charge is 2.34. The van der Waals surface area contributed by atoms with E-state index in [0.717, 1.165) is 34.9 Å². The fourth-order valence-electron chi connectivity index (χ4n) is 4.25. The Labute approximate surface area is 155 Å². The van der Waals surface area contributed by atoms with E-state index in [0.29, 0.717) is 18.6 Å². The third kappa shape index (κ3) is 2.94. The van der Waals surface area contributed by atoms with Crippen LogP contribution in [0.15, 0.2) is 41.4 Å². The molecule has 0 aromatic heterocycles. The second-order valence-corrected chi connectivity index (χ2v) is 7.08. The minimum Gasteiger partial charge on any atom is -0.493 e. The fourth-order valence-corrected chi connectivity index (χ4v) is 4.25. The molecule has 0 bridgehead atoms. The van der Waals surface area contributed by atoms with Crippen molar-refractivity contribution in [2.24, 2.45) is 4.99 Å². The monoisotopic (exact) mass is 350 g/mol. The Bertz CT molecular complexity index is 827. The topological polar surface area (TPSA) is 56.8 Å². The molecule has 0 amide bonds. The van der Waals surface area contributed by atoms with Crippen LogP contribution >= 0.6 is 0 Å². The zero-order chi connectivity index (χ0) is 18.1. The van der Waals surface area contributed by atoms with Gasteiger partial charge in [0.2, 0.25) is 0 Å². The standard InChI is InChI=1S/C22H26N2O2/c1-3-26-21-12-17-16-6-4-5-7-19(16)24-22(18(17)13-20(21)25-2)14-8-10-15(23)11-9-14/h8-13,16,19H,3-7,23H2,1-2H3/t16-,19-/m1/s1. The molecule has 0 unspecified atom stereocenters. The lowest BCUT2D eigenvalue weighted by Gasteiger charge is -2.36. The zero-order valence-electron chi connectivity index (χ0n) is 15.5. The maximum Gasteiger partial charge on any atom is 0.161 e. The van der Waals surface area contributed by atoms with Crippen LogP contribution in [0.2, 0.25) is 0 Å². The maximum atomic E-state index is 5.88. The van der Waals surface area contributed by atoms with E-state index in [1.54, 1.807) is 7.11 Å². The molecule has 1 saturated carbocycles. The van der Waals surface area contributed by atoms with Gasteiger partial charge in [-0.3, -0.25) is 4.99 Å². The molecule has 1 fully saturated rings. The summed E-state index contributed by atoms with van der Waals surface area (Å²) in [6, 6.07) is 12.6. The van der Waals surface area contributed by atoms with Gasteiger partial charge in [0, 0.05) is 22.7 Å². The number of aliphatic imine (C=N–C) groups is 1. The first-order valence-corrected chi connectivity index (χ1v) is 9.50. The number of methoxy groups -OCH3 is 1. The van der Waals surface area contributed by atoms with Crippen LogP contribution < -0.4 is 15.2 Å². The molecule has 2 atom stereocenters. The van der Waals surface area contributed by atoms with Gasteiger partial charge in [-0.05, 0) is 49.6 Å². The minimum atomic E-state index is 0.353. The highest BCUT2D eigenvalue weighted by atomic mass is 16.5. The van der Waals surface area contributed by atoms with Crippen molar-refractivity contribution in [3.63, 3.8) is 0 Å². The highest BCUT2D eigenvalue weighted by molar-refractivity contribution is 6.15. The molecule has 136 valence electrons. The summed E-state index contributed by atoms with van der Waals surface area (Å²) in [5.41, 5.74) is 11.3. The molecule has 4 nitrogen and oxygen atoms in total. The fraction of sp³-hybridized carbons (Fsp3) is 0.409. The van der Waals surface area contributed by atoms with Crippen LogP contribution in [-0.2, 0) is 0 Å². The van der Waals surface area contributed by atoms with Crippen molar-refractivity contribution < 1.29 is 9.47 Å². The second-order valence-electron chi connectivity index (χ2n) is 7.08. The van der Waals surface area contributed by atoms with Crippen LogP contribution in [0, 0.1) is 0 Å². The van der Waals surface area contributed by atoms with Gasteiger partial charge in [-0.1, -0.05) is 25.0 Å². The molecule has 1 aliphatic heterocycles. The molecule has 2 aliphatic rings. The average Bonchev–Trinajstić information content (AvgIpc) is 2.68. The molecule has 2 aromatic carbocycles. The molecule has 26 heavy (non-hydrogen) atoms. The zero-order valence-corrected chi connectivity index (χ0v) is 15.5. The highest BCUT2D eigenvalue weighted by Crippen LogP contribution is 2.44. The number of ether oxygens (including phenoxy) is 2. The van der Waals surface area contributed by atoms with Crippen molar-refractivity contribution in [2.45, 2.75) is 44.6 Å². The van der Waals surface area contributed by atoms with Gasteiger partial charge in [0.1, 0.15) is 0 Å². The van der Waals surface area contributed by atoms with Crippen LogP contribution in [0.5, 0.6) is 11.5 Å². The molecule has 0 radical (unpaired) electrons. The van der Waals surface area contributed by atoms with E-state index in [4.69, 9.17) is 20.2 Å². The first-order chi connectivity index (χ1) is 12.7. The summed E-state index contributed by atoms with van der Waals surface area (Å²) >= 11 is 0. The predicted octanol–water partition coefficient (Wildman–Crippen LogP) is 4.55. The number of fused-ring (bicyclic) bond motifs is 3. The first kappa shape index (κ1) is 17.0. The van der Waals surface area contributed by atoms with Crippen molar-refractivity contribution in [1.29, 1.82) is 0 Å². The van der Waals surface area contributed by atoms with Crippen molar-refractivity contribution >= 4 is 11.4 Å². The second kappa shape index (κ2) is 7.02. The lowest BCUT2D eigenvalue weighted by molar-refractivity contribution is 0.308. The summed E-state index contributed by atoms with van der Waals surface area (Å²) in [5.74, 6) is 2.07. The van der Waals surface area contributed by atoms with Crippen LogP contribution in [-0.4, -0.2) is 25.5 Å². The Hall–Kier alpha value is -2.49. The van der Waals surface area contributed by atoms with Gasteiger partial charge >= 0.3 is 0 Å². The van der Waals surface area contributed by atoms with Gasteiger partial charge in [-0.15, -0.1) is 0 Å². The van der Waals surface area contributed by atoms with E-state index < -0.39 is 0 Å². The number of nitrogens with zero attached hydrogens (tertiary/aromatic N) is 1. The quantitative estimate of drug-likeness (QED) is 0.823. The van der Waals surface area contributed by atoms with E-state index in [2.05, 4.69) is 24.3 Å². The number of anilines is 1. The number of hydrogen-bond acceptors (Lipinski definition) is 4. The summed E-state index contributed by atoms with van der Waals surface area (Å²) < 4.78 is 11.5. The average molecular weight is 350 g/mol. The summed E-state index contributed by atoms with van der Waals surface area (Å²) in [6.07, 6.45) is 4.86. The predicted molar refractivity (Wildman–Crippen MR) is 106 cm³/mol. The summed E-state index contributed by atoms with van der Waals surface area (Å²) in [6.45, 7) is 2.63. The number of rotatable bonds is 4. The molecule has 2 N–H and O–H groups in total. The Balaban J connectivity index is 1.88. The van der Waals surface area contributed by atoms with Gasteiger partial charge in [-0.25, -0.2) is 0 Å². The molecule has 4 rings (SSSR count). The van der Waals surface area contributed by atoms with Crippen molar-refractivity contribution in [2.75, 3.05) is 19.5 Å². The normalized spacial score (nSPS) is 21.4. The maximum absolute atomic E-state index is 5.88. The van der Waals surface area contributed by atoms with Gasteiger partial charge < -0.3 is 15.2 Å². The third-order valence-electron chi connectivity index (χ3n) is 5.50. The van der Waals surface area contributed by atoms with Crippen LogP contribution in [0.4, 0.5) is 5.69 Å². The molecule has 1 heterocycles. The molecule has 2 aromatic rings. The Morgan fingerprint density at radius 1 is 1.08 bits per heavy atom. The Morgan fingerprint density at radius 2 is 1.85 bits per heavy atom. The largest absolute Gasteiger partial charge is 0.493 e. The Kier molecular flexibility index (Phi) is 4.58. The minimum absolute atomic E-state index is 0.353. The van der Waals surface area contributed by atoms with E-state index in [-0.39, 0.29) is 0 Å². The Morgan fingerprint density at radius 3 is 2.58 bits per heavy atom. The molecule has 0 spiro atoms. The number of nitrogen functional groups attached to an aromatic ring is 1. The number of hydrogen-bond donors (Lipinski definition) is 1. The van der Waals surface area contributed by atoms with Crippen LogP contribution in [0.25, 0.3) is 0 Å². The third-order valence-corrected chi connectivity index (χ3v) is 5.50. The van der Waals surface area contributed by atoms with E-state index >= 15 is 0 Å². The molecule has 1 aliphatic carbocycles. The molecule has 4 heteroatoms. The van der Waals surface area contributed by atoms with E-state index in [9.17, 15) is 0 Å². The number of nitrogens with two attached hydrogens (primary N) is 1. The van der Waals surface area contributed by atoms with Gasteiger partial charge in [-0.2, -0.15) is 0 Å². The summed E-state index contributed by atoms with van der Waals surface area (Å²) in [4.78, 5) is 5.18. The van der Waals surface area contributed by atoms with Crippen LogP contribution in [0.3, 0.4) is 0 Å². The van der Waals surface area contributed by atoms with Crippen LogP contribution in [0.1, 0.15) is 55.2 Å². The summed E-state index contributed by atoms with van der Waals surface area (Å²) in [7, 11) is 1.69. The van der Waals surface area contributed by atoms with Crippen molar-refractivity contribution in [3.8, 4) is 11.5 Å². The van der Waals surface area contributed by atoms with Gasteiger partial charge in [0.15, 0.2) is 11.5 Å². The molecular weight excluding hydrogens is 324 g/mol. The van der Waals surface area contributed by atoms with Crippen molar-refractivity contribution in [1.82, 2.24) is 0 Å². The smallest absolute Gasteiger partial charge is 0.161 e. The van der Waals surface area contributed by atoms with E-state index in [1.165, 1.54) is 30.4 Å².